The molecule has 0 saturated carbocycles. The molecule has 3 aromatic rings. The van der Waals surface area contributed by atoms with Crippen molar-refractivity contribution in [3.63, 3.8) is 0 Å². The van der Waals surface area contributed by atoms with Gasteiger partial charge in [0.2, 0.25) is 5.91 Å². The van der Waals surface area contributed by atoms with Crippen molar-refractivity contribution < 1.29 is 4.79 Å². The Morgan fingerprint density at radius 2 is 1.93 bits per heavy atom. The fourth-order valence-electron chi connectivity index (χ4n) is 2.81. The van der Waals surface area contributed by atoms with Crippen LogP contribution in [0, 0.1) is 0 Å². The molecule has 1 amide bonds. The molecule has 27 heavy (non-hydrogen) atoms. The molecule has 1 aliphatic rings. The van der Waals surface area contributed by atoms with Gasteiger partial charge in [-0.3, -0.25) is 4.79 Å². The number of carbonyl (C=O) groups is 1. The van der Waals surface area contributed by atoms with Crippen LogP contribution in [-0.4, -0.2) is 27.2 Å². The lowest BCUT2D eigenvalue weighted by Crippen LogP contribution is -2.07. The van der Waals surface area contributed by atoms with E-state index in [4.69, 9.17) is 0 Å². The van der Waals surface area contributed by atoms with E-state index in [1.54, 1.807) is 17.0 Å². The molecule has 0 unspecified atom stereocenters. The van der Waals surface area contributed by atoms with Crippen LogP contribution in [0.3, 0.4) is 0 Å². The number of nitrogens with zero attached hydrogens (tertiary/aromatic N) is 2. The summed E-state index contributed by atoms with van der Waals surface area (Å²) < 4.78 is 2.26. The lowest BCUT2D eigenvalue weighted by atomic mass is 10.2. The number of carbonyl (C=O) groups excluding carboxylic acids is 1. The van der Waals surface area contributed by atoms with Gasteiger partial charge >= 0.3 is 0 Å². The third-order valence-corrected chi connectivity index (χ3v) is 7.20. The Labute approximate surface area is 167 Å². The highest BCUT2D eigenvalue weighted by Crippen LogP contribution is 2.45. The van der Waals surface area contributed by atoms with E-state index in [1.807, 2.05) is 72.2 Å². The first-order valence-corrected chi connectivity index (χ1v) is 10.8. The minimum Gasteiger partial charge on any atom is -0.323 e. The number of hydrogen-bond acceptors (Lipinski definition) is 4. The van der Waals surface area contributed by atoms with Gasteiger partial charge in [-0.05, 0) is 35.9 Å². The number of amides is 1. The molecule has 136 valence electrons. The van der Waals surface area contributed by atoms with Crippen molar-refractivity contribution in [2.45, 2.75) is 4.58 Å². The molecule has 2 aromatic carbocycles. The molecule has 1 aromatic heterocycles. The maximum Gasteiger partial charge on any atom is 0.248 e. The standard InChI is InChI=1S/C21H19N3OS2/c25-20(23-18-6-4-5-17(13-18)21-26-11-12-27-21)10-9-16-14-22-24(15-16)19-7-2-1-3-8-19/h1-10,13-15,21H,11-12H2,(H,23,25)/b10-9+. The van der Waals surface area contributed by atoms with E-state index in [-0.39, 0.29) is 5.91 Å². The zero-order valence-corrected chi connectivity index (χ0v) is 16.2. The summed E-state index contributed by atoms with van der Waals surface area (Å²) in [5.74, 6) is 2.22. The Kier molecular flexibility index (Phi) is 5.65. The van der Waals surface area contributed by atoms with Crippen molar-refractivity contribution in [2.24, 2.45) is 0 Å². The van der Waals surface area contributed by atoms with Crippen LogP contribution in [0.25, 0.3) is 11.8 Å². The van der Waals surface area contributed by atoms with Gasteiger partial charge in [-0.1, -0.05) is 30.3 Å². The molecule has 0 spiro atoms. The molecule has 4 rings (SSSR count). The molecule has 0 radical (unpaired) electrons. The summed E-state index contributed by atoms with van der Waals surface area (Å²) in [4.78, 5) is 12.3. The second kappa shape index (κ2) is 8.50. The molecule has 1 N–H and O–H groups in total. The van der Waals surface area contributed by atoms with Crippen LogP contribution in [0.5, 0.6) is 0 Å². The van der Waals surface area contributed by atoms with Gasteiger partial charge in [0, 0.05) is 35.0 Å². The minimum absolute atomic E-state index is 0.147. The summed E-state index contributed by atoms with van der Waals surface area (Å²) in [5.41, 5.74) is 3.95. The van der Waals surface area contributed by atoms with E-state index in [9.17, 15) is 4.79 Å². The van der Waals surface area contributed by atoms with Crippen molar-refractivity contribution in [1.29, 1.82) is 0 Å². The van der Waals surface area contributed by atoms with E-state index in [1.165, 1.54) is 23.1 Å². The highest BCUT2D eigenvalue weighted by atomic mass is 32.2. The number of rotatable bonds is 5. The largest absolute Gasteiger partial charge is 0.323 e. The van der Waals surface area contributed by atoms with Crippen LogP contribution < -0.4 is 5.32 Å². The van der Waals surface area contributed by atoms with Crippen LogP contribution in [0.1, 0.15) is 15.7 Å². The van der Waals surface area contributed by atoms with E-state index in [0.29, 0.717) is 4.58 Å². The molecule has 0 bridgehead atoms. The van der Waals surface area contributed by atoms with Crippen molar-refractivity contribution in [1.82, 2.24) is 9.78 Å². The summed E-state index contributed by atoms with van der Waals surface area (Å²) in [6.45, 7) is 0. The van der Waals surface area contributed by atoms with Gasteiger partial charge in [0.1, 0.15) is 0 Å². The van der Waals surface area contributed by atoms with Crippen molar-refractivity contribution in [3.8, 4) is 5.69 Å². The summed E-state index contributed by atoms with van der Waals surface area (Å²) in [5, 5.41) is 7.28. The fraction of sp³-hybridized carbons (Fsp3) is 0.143. The Hall–Kier alpha value is -2.44. The van der Waals surface area contributed by atoms with Crippen LogP contribution >= 0.6 is 23.5 Å². The molecule has 1 saturated heterocycles. The average molecular weight is 394 g/mol. The Morgan fingerprint density at radius 1 is 1.11 bits per heavy atom. The number of hydrogen-bond donors (Lipinski definition) is 1. The Balaban J connectivity index is 1.39. The lowest BCUT2D eigenvalue weighted by Gasteiger charge is -2.10. The van der Waals surface area contributed by atoms with Crippen molar-refractivity contribution in [2.75, 3.05) is 16.8 Å². The first kappa shape index (κ1) is 17.9. The maximum absolute atomic E-state index is 12.3. The predicted octanol–water partition coefficient (Wildman–Crippen LogP) is 5.00. The number of aromatic nitrogens is 2. The summed E-state index contributed by atoms with van der Waals surface area (Å²) in [7, 11) is 0. The van der Waals surface area contributed by atoms with E-state index >= 15 is 0 Å². The monoisotopic (exact) mass is 393 g/mol. The van der Waals surface area contributed by atoms with Crippen LogP contribution in [0.4, 0.5) is 5.69 Å². The molecular weight excluding hydrogens is 374 g/mol. The highest BCUT2D eigenvalue weighted by Gasteiger charge is 2.18. The van der Waals surface area contributed by atoms with Crippen molar-refractivity contribution in [3.05, 3.63) is 84.2 Å². The summed E-state index contributed by atoms with van der Waals surface area (Å²) in [6, 6.07) is 18.0. The number of thioether (sulfide) groups is 2. The lowest BCUT2D eigenvalue weighted by molar-refractivity contribution is -0.111. The second-order valence-corrected chi connectivity index (χ2v) is 8.80. The first-order chi connectivity index (χ1) is 13.3. The van der Waals surface area contributed by atoms with Gasteiger partial charge in [0.05, 0.1) is 16.5 Å². The Bertz CT molecular complexity index is 947. The quantitative estimate of drug-likeness (QED) is 0.620. The van der Waals surface area contributed by atoms with Crippen LogP contribution in [0.2, 0.25) is 0 Å². The third-order valence-electron chi connectivity index (χ3n) is 4.10. The summed E-state index contributed by atoms with van der Waals surface area (Å²) >= 11 is 3.92. The van der Waals surface area contributed by atoms with E-state index in [0.717, 1.165) is 16.9 Å². The van der Waals surface area contributed by atoms with Gasteiger partial charge in [-0.2, -0.15) is 5.10 Å². The summed E-state index contributed by atoms with van der Waals surface area (Å²) in [6.07, 6.45) is 6.95. The number of benzene rings is 2. The first-order valence-electron chi connectivity index (χ1n) is 8.70. The van der Waals surface area contributed by atoms with Gasteiger partial charge in [0.15, 0.2) is 0 Å². The molecule has 0 aliphatic carbocycles. The van der Waals surface area contributed by atoms with E-state index in [2.05, 4.69) is 22.5 Å². The number of para-hydroxylation sites is 1. The molecule has 1 aliphatic heterocycles. The molecule has 0 atom stereocenters. The molecule has 4 nitrogen and oxygen atoms in total. The van der Waals surface area contributed by atoms with Crippen LogP contribution in [0.15, 0.2) is 73.1 Å². The third kappa shape index (κ3) is 4.64. The normalized spacial score (nSPS) is 14.7. The van der Waals surface area contributed by atoms with E-state index < -0.39 is 0 Å². The van der Waals surface area contributed by atoms with Gasteiger partial charge in [-0.25, -0.2) is 4.68 Å². The predicted molar refractivity (Wildman–Crippen MR) is 115 cm³/mol. The zero-order valence-electron chi connectivity index (χ0n) is 14.6. The molecule has 6 heteroatoms. The average Bonchev–Trinajstić information content (AvgIpc) is 3.40. The zero-order chi connectivity index (χ0) is 18.5. The smallest absolute Gasteiger partial charge is 0.248 e. The number of anilines is 1. The van der Waals surface area contributed by atoms with Gasteiger partial charge in [-0.15, -0.1) is 23.5 Å². The SMILES string of the molecule is O=C(/C=C/c1cnn(-c2ccccc2)c1)Nc1cccc(C2SCCS2)c1. The minimum atomic E-state index is -0.147. The second-order valence-electron chi connectivity index (χ2n) is 6.08. The highest BCUT2D eigenvalue weighted by molar-refractivity contribution is 8.19. The van der Waals surface area contributed by atoms with Crippen LogP contribution in [-0.2, 0) is 4.79 Å². The van der Waals surface area contributed by atoms with Gasteiger partial charge in [0.25, 0.3) is 0 Å². The number of nitrogens with one attached hydrogen (secondary N) is 1. The maximum atomic E-state index is 12.3. The molecular formula is C21H19N3OS2. The molecule has 1 fully saturated rings. The van der Waals surface area contributed by atoms with Gasteiger partial charge < -0.3 is 5.32 Å². The molecule has 2 heterocycles. The van der Waals surface area contributed by atoms with Crippen molar-refractivity contribution >= 4 is 41.2 Å². The fourth-order valence-corrected chi connectivity index (χ4v) is 5.65. The Morgan fingerprint density at radius 3 is 2.74 bits per heavy atom. The topological polar surface area (TPSA) is 46.9 Å².